The first-order chi connectivity index (χ1) is 7.58. The largest absolute Gasteiger partial charge is 0.393 e. The van der Waals surface area contributed by atoms with E-state index >= 15 is 0 Å². The molecule has 5 unspecified atom stereocenters. The summed E-state index contributed by atoms with van der Waals surface area (Å²) in [7, 11) is 0. The van der Waals surface area contributed by atoms with Crippen LogP contribution in [0.4, 0.5) is 0 Å². The van der Waals surface area contributed by atoms with Gasteiger partial charge in [0.15, 0.2) is 5.60 Å². The fraction of sp³-hybridized carbons (Fsp3) is 1.00. The summed E-state index contributed by atoms with van der Waals surface area (Å²) in [6.45, 7) is 3.63. The Kier molecular flexibility index (Phi) is 2.15. The van der Waals surface area contributed by atoms with E-state index in [-0.39, 0.29) is 24.9 Å². The van der Waals surface area contributed by atoms with E-state index in [0.29, 0.717) is 6.42 Å². The minimum Gasteiger partial charge on any atom is -0.393 e. The second-order valence-electron chi connectivity index (χ2n) is 5.03. The molecule has 2 aliphatic heterocycles. The van der Waals surface area contributed by atoms with Gasteiger partial charge < -0.3 is 10.8 Å². The van der Waals surface area contributed by atoms with Crippen molar-refractivity contribution in [3.63, 3.8) is 0 Å². The number of hydrogen-bond donors (Lipinski definition) is 2. The van der Waals surface area contributed by atoms with Crippen LogP contribution in [0.3, 0.4) is 0 Å². The monoisotopic (exact) mass is 231 g/mol. The van der Waals surface area contributed by atoms with Gasteiger partial charge in [0, 0.05) is 6.04 Å². The molecule has 1 saturated carbocycles. The lowest BCUT2D eigenvalue weighted by atomic mass is 9.67. The highest BCUT2D eigenvalue weighted by Crippen LogP contribution is 2.61. The summed E-state index contributed by atoms with van der Waals surface area (Å²) in [5.41, 5.74) is 4.73. The molecule has 3 fully saturated rings. The van der Waals surface area contributed by atoms with Crippen LogP contribution in [-0.4, -0.2) is 41.7 Å². The van der Waals surface area contributed by atoms with E-state index in [2.05, 4.69) is 0 Å². The van der Waals surface area contributed by atoms with Crippen molar-refractivity contribution in [1.29, 1.82) is 0 Å². The number of hydrogen-bond acceptors (Lipinski definition) is 6. The standard InChI is InChI=1S/C10H17NO5/c1-5-9-3-7(11)8(15-13-5)10(9,4-12)16-14-6(9)2/h5-8,12H,3-4,11H2,1-2H3/t5?,6?,7-,8?,9?,10?/m0/s1. The maximum Gasteiger partial charge on any atom is 0.168 e. The summed E-state index contributed by atoms with van der Waals surface area (Å²) in [5.74, 6) is 0. The van der Waals surface area contributed by atoms with E-state index in [9.17, 15) is 5.11 Å². The Morgan fingerprint density at radius 1 is 1.25 bits per heavy atom. The number of nitrogens with two attached hydrogens (primary N) is 1. The van der Waals surface area contributed by atoms with E-state index in [0.717, 1.165) is 0 Å². The van der Waals surface area contributed by atoms with E-state index in [1.54, 1.807) is 0 Å². The van der Waals surface area contributed by atoms with Crippen LogP contribution in [0.1, 0.15) is 20.3 Å². The highest BCUT2D eigenvalue weighted by atomic mass is 17.3. The second-order valence-corrected chi connectivity index (χ2v) is 5.03. The molecular weight excluding hydrogens is 214 g/mol. The first-order valence-electron chi connectivity index (χ1n) is 5.61. The zero-order valence-electron chi connectivity index (χ0n) is 9.38. The molecule has 0 aromatic rings. The minimum atomic E-state index is -0.885. The molecular formula is C10H17NO5. The van der Waals surface area contributed by atoms with Crippen molar-refractivity contribution in [2.45, 2.75) is 50.2 Å². The molecule has 3 rings (SSSR count). The van der Waals surface area contributed by atoms with E-state index in [1.807, 2.05) is 13.8 Å². The second kappa shape index (κ2) is 3.16. The molecule has 16 heavy (non-hydrogen) atoms. The van der Waals surface area contributed by atoms with Gasteiger partial charge in [-0.15, -0.1) is 0 Å². The third kappa shape index (κ3) is 0.905. The number of aliphatic hydroxyl groups is 1. The third-order valence-electron chi connectivity index (χ3n) is 4.54. The summed E-state index contributed by atoms with van der Waals surface area (Å²) in [5, 5.41) is 9.68. The summed E-state index contributed by atoms with van der Waals surface area (Å²) in [6.07, 6.45) is -0.198. The summed E-state index contributed by atoms with van der Waals surface area (Å²) in [4.78, 5) is 21.2. The van der Waals surface area contributed by atoms with Crippen molar-refractivity contribution in [2.24, 2.45) is 11.1 Å². The lowest BCUT2D eigenvalue weighted by Gasteiger charge is -2.45. The minimum absolute atomic E-state index is 0.172. The maximum atomic E-state index is 9.68. The molecule has 2 saturated heterocycles. The van der Waals surface area contributed by atoms with Crippen molar-refractivity contribution < 1.29 is 24.7 Å². The summed E-state index contributed by atoms with van der Waals surface area (Å²) in [6, 6.07) is -0.205. The van der Waals surface area contributed by atoms with Gasteiger partial charge in [0.1, 0.15) is 18.3 Å². The van der Waals surface area contributed by atoms with E-state index < -0.39 is 17.1 Å². The lowest BCUT2D eigenvalue weighted by molar-refractivity contribution is -0.442. The molecule has 0 aromatic heterocycles. The predicted octanol–water partition coefficient (Wildman–Crippen LogP) is -0.496. The normalized spacial score (nSPS) is 60.0. The molecule has 0 aromatic carbocycles. The van der Waals surface area contributed by atoms with Gasteiger partial charge in [-0.1, -0.05) is 0 Å². The molecule has 6 atom stereocenters. The molecule has 3 aliphatic rings. The molecule has 92 valence electrons. The van der Waals surface area contributed by atoms with Crippen LogP contribution in [0.5, 0.6) is 0 Å². The molecule has 1 aliphatic carbocycles. The van der Waals surface area contributed by atoms with Crippen molar-refractivity contribution >= 4 is 0 Å². The smallest absolute Gasteiger partial charge is 0.168 e. The van der Waals surface area contributed by atoms with Gasteiger partial charge in [-0.3, -0.25) is 0 Å². The number of aliphatic hydroxyl groups excluding tert-OH is 1. The number of rotatable bonds is 1. The Hall–Kier alpha value is -0.240. The Morgan fingerprint density at radius 3 is 2.56 bits per heavy atom. The molecule has 3 N–H and O–H groups in total. The van der Waals surface area contributed by atoms with Gasteiger partial charge >= 0.3 is 0 Å². The van der Waals surface area contributed by atoms with Crippen LogP contribution < -0.4 is 5.73 Å². The molecule has 2 bridgehead atoms. The molecule has 6 nitrogen and oxygen atoms in total. The van der Waals surface area contributed by atoms with E-state index in [1.165, 1.54) is 0 Å². The summed E-state index contributed by atoms with van der Waals surface area (Å²) < 4.78 is 0. The molecule has 0 spiro atoms. The van der Waals surface area contributed by atoms with Crippen LogP contribution in [0.25, 0.3) is 0 Å². The van der Waals surface area contributed by atoms with Crippen LogP contribution in [0, 0.1) is 5.41 Å². The van der Waals surface area contributed by atoms with Crippen molar-refractivity contribution in [3.05, 3.63) is 0 Å². The average Bonchev–Trinajstić information content (AvgIpc) is 2.64. The fourth-order valence-corrected chi connectivity index (χ4v) is 3.64. The predicted molar refractivity (Wildman–Crippen MR) is 51.9 cm³/mol. The first-order valence-corrected chi connectivity index (χ1v) is 5.61. The molecule has 6 heteroatoms. The van der Waals surface area contributed by atoms with Crippen LogP contribution in [0.2, 0.25) is 0 Å². The highest BCUT2D eigenvalue weighted by Gasteiger charge is 2.77. The Labute approximate surface area is 93.5 Å². The molecule has 0 amide bonds. The van der Waals surface area contributed by atoms with Crippen molar-refractivity contribution in [3.8, 4) is 0 Å². The van der Waals surface area contributed by atoms with Crippen LogP contribution in [0.15, 0.2) is 0 Å². The summed E-state index contributed by atoms with van der Waals surface area (Å²) >= 11 is 0. The third-order valence-corrected chi connectivity index (χ3v) is 4.54. The Balaban J connectivity index is 2.13. The fourth-order valence-electron chi connectivity index (χ4n) is 3.64. The Morgan fingerprint density at radius 2 is 1.94 bits per heavy atom. The van der Waals surface area contributed by atoms with Gasteiger partial charge in [0.25, 0.3) is 0 Å². The highest BCUT2D eigenvalue weighted by molar-refractivity contribution is 5.21. The average molecular weight is 231 g/mol. The lowest BCUT2D eigenvalue weighted by Crippen LogP contribution is -2.63. The van der Waals surface area contributed by atoms with Crippen LogP contribution >= 0.6 is 0 Å². The van der Waals surface area contributed by atoms with Gasteiger partial charge in [-0.25, -0.2) is 19.6 Å². The van der Waals surface area contributed by atoms with Crippen molar-refractivity contribution in [2.75, 3.05) is 6.61 Å². The van der Waals surface area contributed by atoms with Crippen molar-refractivity contribution in [1.82, 2.24) is 0 Å². The quantitative estimate of drug-likeness (QED) is 0.592. The SMILES string of the molecule is CC1OOC2[C@@H](N)CC13C(C)OOC23CO. The van der Waals surface area contributed by atoms with Crippen LogP contribution in [-0.2, 0) is 19.6 Å². The first kappa shape index (κ1) is 10.9. The van der Waals surface area contributed by atoms with Gasteiger partial charge in [-0.2, -0.15) is 0 Å². The van der Waals surface area contributed by atoms with Gasteiger partial charge in [0.05, 0.1) is 12.0 Å². The topological polar surface area (TPSA) is 83.2 Å². The molecule has 0 radical (unpaired) electrons. The maximum absolute atomic E-state index is 9.68. The zero-order valence-corrected chi connectivity index (χ0v) is 9.38. The Bertz CT molecular complexity index is 314. The molecule has 2 heterocycles. The van der Waals surface area contributed by atoms with Gasteiger partial charge in [-0.05, 0) is 20.3 Å². The zero-order chi connectivity index (χ0) is 11.6. The van der Waals surface area contributed by atoms with E-state index in [4.69, 9.17) is 25.3 Å². The van der Waals surface area contributed by atoms with Gasteiger partial charge in [0.2, 0.25) is 0 Å².